The average Bonchev–Trinajstić information content (AvgIpc) is 2.59. The number of carbonyl (C=O) groups is 1. The molecule has 0 saturated carbocycles. The molecule has 1 fully saturated rings. The number of hydrogen-bond donors (Lipinski definition) is 1. The maximum Gasteiger partial charge on any atom is 0.222 e. The molecule has 0 spiro atoms. The molecule has 1 rings (SSSR count). The van der Waals surface area contributed by atoms with Crippen LogP contribution in [0.3, 0.4) is 0 Å². The number of β-amino-alcohol motifs (C(OH)–C–C–N with tert-alkyl or cyclic N) is 1. The molecule has 4 heteroatoms. The zero-order valence-corrected chi connectivity index (χ0v) is 8.74. The van der Waals surface area contributed by atoms with Gasteiger partial charge in [-0.25, -0.2) is 0 Å². The van der Waals surface area contributed by atoms with Gasteiger partial charge in [0.15, 0.2) is 0 Å². The summed E-state index contributed by atoms with van der Waals surface area (Å²) in [7, 11) is 0. The average molecular weight is 201 g/mol. The highest BCUT2D eigenvalue weighted by Crippen LogP contribution is 2.10. The minimum Gasteiger partial charge on any atom is -0.391 e. The molecule has 14 heavy (non-hydrogen) atoms. The number of rotatable bonds is 5. The standard InChI is InChI=1S/C10H19NO3/c1-2-14-7-3-4-10(13)11-6-5-9(12)8-11/h9,12H,2-8H2,1H3/t9-/m0/s1. The first-order valence-corrected chi connectivity index (χ1v) is 5.27. The van der Waals surface area contributed by atoms with E-state index in [2.05, 4.69) is 0 Å². The lowest BCUT2D eigenvalue weighted by atomic mass is 10.3. The Morgan fingerprint density at radius 1 is 1.64 bits per heavy atom. The van der Waals surface area contributed by atoms with Gasteiger partial charge in [0.2, 0.25) is 5.91 Å². The Morgan fingerprint density at radius 2 is 2.43 bits per heavy atom. The van der Waals surface area contributed by atoms with Gasteiger partial charge in [0, 0.05) is 32.7 Å². The van der Waals surface area contributed by atoms with Crippen molar-refractivity contribution >= 4 is 5.91 Å². The van der Waals surface area contributed by atoms with Crippen LogP contribution >= 0.6 is 0 Å². The summed E-state index contributed by atoms with van der Waals surface area (Å²) >= 11 is 0. The third-order valence-corrected chi connectivity index (χ3v) is 2.40. The number of hydrogen-bond acceptors (Lipinski definition) is 3. The van der Waals surface area contributed by atoms with Crippen LogP contribution in [0.4, 0.5) is 0 Å². The molecule has 0 radical (unpaired) electrons. The predicted molar refractivity (Wildman–Crippen MR) is 52.9 cm³/mol. The molecule has 1 atom stereocenters. The molecule has 0 aromatic carbocycles. The van der Waals surface area contributed by atoms with E-state index in [0.717, 1.165) is 12.8 Å². The van der Waals surface area contributed by atoms with Gasteiger partial charge in [-0.15, -0.1) is 0 Å². The zero-order chi connectivity index (χ0) is 10.4. The van der Waals surface area contributed by atoms with Crippen molar-refractivity contribution in [1.82, 2.24) is 4.90 Å². The zero-order valence-electron chi connectivity index (χ0n) is 8.74. The first-order chi connectivity index (χ1) is 6.74. The minimum absolute atomic E-state index is 0.140. The number of carbonyl (C=O) groups excluding carboxylic acids is 1. The van der Waals surface area contributed by atoms with Crippen LogP contribution in [0.2, 0.25) is 0 Å². The molecule has 1 aliphatic rings. The molecule has 4 nitrogen and oxygen atoms in total. The number of amides is 1. The van der Waals surface area contributed by atoms with E-state index in [9.17, 15) is 9.90 Å². The van der Waals surface area contributed by atoms with Crippen LogP contribution in [0, 0.1) is 0 Å². The predicted octanol–water partition coefficient (Wildman–Crippen LogP) is 0.396. The number of aliphatic hydroxyl groups is 1. The van der Waals surface area contributed by atoms with E-state index >= 15 is 0 Å². The molecule has 1 heterocycles. The normalized spacial score (nSPS) is 21.6. The van der Waals surface area contributed by atoms with Gasteiger partial charge in [-0.3, -0.25) is 4.79 Å². The van der Waals surface area contributed by atoms with Crippen molar-refractivity contribution in [3.05, 3.63) is 0 Å². The summed E-state index contributed by atoms with van der Waals surface area (Å²) in [5.74, 6) is 0.140. The number of nitrogens with zero attached hydrogens (tertiary/aromatic N) is 1. The lowest BCUT2D eigenvalue weighted by Gasteiger charge is -2.15. The van der Waals surface area contributed by atoms with E-state index in [1.807, 2.05) is 6.92 Å². The largest absolute Gasteiger partial charge is 0.391 e. The second-order valence-corrected chi connectivity index (χ2v) is 3.58. The molecule has 1 aliphatic heterocycles. The number of likely N-dealkylation sites (tertiary alicyclic amines) is 1. The van der Waals surface area contributed by atoms with Gasteiger partial charge in [0.05, 0.1) is 6.10 Å². The van der Waals surface area contributed by atoms with Crippen molar-refractivity contribution < 1.29 is 14.6 Å². The van der Waals surface area contributed by atoms with E-state index in [0.29, 0.717) is 32.7 Å². The second-order valence-electron chi connectivity index (χ2n) is 3.58. The van der Waals surface area contributed by atoms with E-state index < -0.39 is 0 Å². The van der Waals surface area contributed by atoms with Crippen molar-refractivity contribution in [2.75, 3.05) is 26.3 Å². The molecule has 82 valence electrons. The summed E-state index contributed by atoms with van der Waals surface area (Å²) in [6.45, 7) is 4.51. The Morgan fingerprint density at radius 3 is 3.00 bits per heavy atom. The Labute approximate surface area is 84.8 Å². The van der Waals surface area contributed by atoms with Crippen molar-refractivity contribution in [3.63, 3.8) is 0 Å². The highest BCUT2D eigenvalue weighted by molar-refractivity contribution is 5.76. The fraction of sp³-hybridized carbons (Fsp3) is 0.900. The summed E-state index contributed by atoms with van der Waals surface area (Å²) in [6.07, 6.45) is 1.72. The van der Waals surface area contributed by atoms with Crippen LogP contribution in [0.25, 0.3) is 0 Å². The fourth-order valence-corrected chi connectivity index (χ4v) is 1.60. The van der Waals surface area contributed by atoms with Crippen LogP contribution in [0.5, 0.6) is 0 Å². The Kier molecular flexibility index (Phi) is 4.90. The van der Waals surface area contributed by atoms with Gasteiger partial charge in [0.25, 0.3) is 0 Å². The van der Waals surface area contributed by atoms with Gasteiger partial charge in [-0.05, 0) is 19.8 Å². The highest BCUT2D eigenvalue weighted by Gasteiger charge is 2.23. The molecule has 0 unspecified atom stereocenters. The molecule has 0 aliphatic carbocycles. The second kappa shape index (κ2) is 5.98. The molecule has 1 saturated heterocycles. The Hall–Kier alpha value is -0.610. The first-order valence-electron chi connectivity index (χ1n) is 5.27. The molecule has 0 aromatic heterocycles. The molecule has 0 aromatic rings. The van der Waals surface area contributed by atoms with Crippen molar-refractivity contribution in [2.45, 2.75) is 32.3 Å². The minimum atomic E-state index is -0.314. The lowest BCUT2D eigenvalue weighted by Crippen LogP contribution is -2.29. The molecular formula is C10H19NO3. The van der Waals surface area contributed by atoms with Gasteiger partial charge in [-0.2, -0.15) is 0 Å². The Bertz CT molecular complexity index is 184. The van der Waals surface area contributed by atoms with Crippen molar-refractivity contribution in [2.24, 2.45) is 0 Å². The quantitative estimate of drug-likeness (QED) is 0.655. The highest BCUT2D eigenvalue weighted by atomic mass is 16.5. The van der Waals surface area contributed by atoms with Gasteiger partial charge in [-0.1, -0.05) is 0 Å². The van der Waals surface area contributed by atoms with Crippen LogP contribution in [0.15, 0.2) is 0 Å². The van der Waals surface area contributed by atoms with Crippen LogP contribution in [-0.4, -0.2) is 48.3 Å². The third-order valence-electron chi connectivity index (χ3n) is 2.40. The molecule has 0 bridgehead atoms. The monoisotopic (exact) mass is 201 g/mol. The number of ether oxygens (including phenoxy) is 1. The van der Waals surface area contributed by atoms with Crippen LogP contribution in [-0.2, 0) is 9.53 Å². The topological polar surface area (TPSA) is 49.8 Å². The van der Waals surface area contributed by atoms with E-state index in [4.69, 9.17) is 4.74 Å². The summed E-state index contributed by atoms with van der Waals surface area (Å²) in [4.78, 5) is 13.2. The van der Waals surface area contributed by atoms with E-state index in [1.54, 1.807) is 4.90 Å². The van der Waals surface area contributed by atoms with Crippen molar-refractivity contribution in [3.8, 4) is 0 Å². The third kappa shape index (κ3) is 3.64. The van der Waals surface area contributed by atoms with Crippen molar-refractivity contribution in [1.29, 1.82) is 0 Å². The Balaban J connectivity index is 2.09. The lowest BCUT2D eigenvalue weighted by molar-refractivity contribution is -0.130. The molecular weight excluding hydrogens is 182 g/mol. The van der Waals surface area contributed by atoms with Crippen LogP contribution in [0.1, 0.15) is 26.2 Å². The molecule has 1 amide bonds. The maximum atomic E-state index is 11.5. The summed E-state index contributed by atoms with van der Waals surface area (Å²) in [5, 5.41) is 9.24. The van der Waals surface area contributed by atoms with Gasteiger partial charge >= 0.3 is 0 Å². The fourth-order valence-electron chi connectivity index (χ4n) is 1.60. The smallest absolute Gasteiger partial charge is 0.222 e. The maximum absolute atomic E-state index is 11.5. The van der Waals surface area contributed by atoms with E-state index in [-0.39, 0.29) is 12.0 Å². The summed E-state index contributed by atoms with van der Waals surface area (Å²) in [5.41, 5.74) is 0. The first kappa shape index (κ1) is 11.5. The SMILES string of the molecule is CCOCCCC(=O)N1CC[C@H](O)C1. The van der Waals surface area contributed by atoms with Gasteiger partial charge < -0.3 is 14.7 Å². The van der Waals surface area contributed by atoms with Crippen LogP contribution < -0.4 is 0 Å². The number of aliphatic hydroxyl groups excluding tert-OH is 1. The summed E-state index contributed by atoms with van der Waals surface area (Å²) in [6, 6.07) is 0. The summed E-state index contributed by atoms with van der Waals surface area (Å²) < 4.78 is 5.15. The molecule has 1 N–H and O–H groups in total. The van der Waals surface area contributed by atoms with Gasteiger partial charge in [0.1, 0.15) is 0 Å². The van der Waals surface area contributed by atoms with E-state index in [1.165, 1.54) is 0 Å².